The molecule has 134 valence electrons. The molecule has 1 aliphatic heterocycles. The zero-order valence-electron chi connectivity index (χ0n) is 13.2. The third-order valence-electron chi connectivity index (χ3n) is 4.03. The SMILES string of the molecule is Cc1c(OS(=O)(=O)C(F)(F)F)ccc2c1OC(c1ccccc1)CC2. The van der Waals surface area contributed by atoms with E-state index in [1.54, 1.807) is 0 Å². The molecule has 4 nitrogen and oxygen atoms in total. The highest BCUT2D eigenvalue weighted by Gasteiger charge is 2.48. The van der Waals surface area contributed by atoms with Crippen LogP contribution in [0.25, 0.3) is 0 Å². The largest absolute Gasteiger partial charge is 0.534 e. The number of ether oxygens (including phenoxy) is 1. The molecule has 25 heavy (non-hydrogen) atoms. The van der Waals surface area contributed by atoms with Crippen LogP contribution in [0.2, 0.25) is 0 Å². The number of aryl methyl sites for hydroxylation is 1. The maximum Gasteiger partial charge on any atom is 0.534 e. The second-order valence-corrected chi connectivity index (χ2v) is 7.25. The molecule has 2 aromatic carbocycles. The minimum atomic E-state index is -5.72. The van der Waals surface area contributed by atoms with Gasteiger partial charge in [-0.05, 0) is 37.0 Å². The van der Waals surface area contributed by atoms with E-state index >= 15 is 0 Å². The van der Waals surface area contributed by atoms with Crippen molar-refractivity contribution in [1.29, 1.82) is 0 Å². The van der Waals surface area contributed by atoms with E-state index < -0.39 is 15.6 Å². The van der Waals surface area contributed by atoms with Gasteiger partial charge in [0, 0.05) is 5.56 Å². The Morgan fingerprint density at radius 3 is 2.44 bits per heavy atom. The van der Waals surface area contributed by atoms with E-state index in [-0.39, 0.29) is 17.4 Å². The first-order valence-corrected chi connectivity index (χ1v) is 8.95. The highest BCUT2D eigenvalue weighted by atomic mass is 32.2. The van der Waals surface area contributed by atoms with Crippen molar-refractivity contribution in [2.75, 3.05) is 0 Å². The van der Waals surface area contributed by atoms with Crippen molar-refractivity contribution >= 4 is 10.1 Å². The standard InChI is InChI=1S/C17H15F3O4S/c1-11-14(24-25(21,22)17(18,19)20)9-7-13-8-10-15(23-16(11)13)12-5-3-2-4-6-12/h2-7,9,15H,8,10H2,1H3. The first-order valence-electron chi connectivity index (χ1n) is 7.54. The van der Waals surface area contributed by atoms with Crippen LogP contribution < -0.4 is 8.92 Å². The Kier molecular flexibility index (Phi) is 4.40. The highest BCUT2D eigenvalue weighted by Crippen LogP contribution is 2.41. The molecule has 2 aromatic rings. The molecule has 0 radical (unpaired) electrons. The minimum Gasteiger partial charge on any atom is -0.485 e. The second kappa shape index (κ2) is 6.25. The number of hydrogen-bond acceptors (Lipinski definition) is 4. The summed E-state index contributed by atoms with van der Waals surface area (Å²) in [5.41, 5.74) is -3.50. The molecule has 0 aromatic heterocycles. The molecule has 0 bridgehead atoms. The molecule has 0 spiro atoms. The number of alkyl halides is 3. The van der Waals surface area contributed by atoms with Gasteiger partial charge in [-0.3, -0.25) is 0 Å². The molecule has 1 atom stereocenters. The average molecular weight is 372 g/mol. The molecule has 0 fully saturated rings. The van der Waals surface area contributed by atoms with E-state index in [1.807, 2.05) is 30.3 Å². The van der Waals surface area contributed by atoms with Crippen LogP contribution in [0, 0.1) is 6.92 Å². The van der Waals surface area contributed by atoms with Gasteiger partial charge >= 0.3 is 15.6 Å². The molecule has 3 rings (SSSR count). The third-order valence-corrected chi connectivity index (χ3v) is 4.99. The zero-order chi connectivity index (χ0) is 18.2. The molecule has 1 unspecified atom stereocenters. The van der Waals surface area contributed by atoms with Gasteiger partial charge in [-0.15, -0.1) is 0 Å². The van der Waals surface area contributed by atoms with Gasteiger partial charge in [0.25, 0.3) is 0 Å². The predicted octanol–water partition coefficient (Wildman–Crippen LogP) is 4.29. The summed E-state index contributed by atoms with van der Waals surface area (Å²) < 4.78 is 70.3. The molecule has 0 saturated heterocycles. The lowest BCUT2D eigenvalue weighted by molar-refractivity contribution is -0.0500. The van der Waals surface area contributed by atoms with Crippen molar-refractivity contribution in [3.63, 3.8) is 0 Å². The van der Waals surface area contributed by atoms with Gasteiger partial charge in [0.05, 0.1) is 0 Å². The van der Waals surface area contributed by atoms with Crippen molar-refractivity contribution in [2.24, 2.45) is 0 Å². The van der Waals surface area contributed by atoms with Crippen LogP contribution in [0.1, 0.15) is 29.2 Å². The number of rotatable bonds is 3. The first kappa shape index (κ1) is 17.6. The molecule has 0 saturated carbocycles. The summed E-state index contributed by atoms with van der Waals surface area (Å²) in [6.07, 6.45) is 1.14. The third kappa shape index (κ3) is 3.44. The normalized spacial score (nSPS) is 17.5. The summed E-state index contributed by atoms with van der Waals surface area (Å²) in [5, 5.41) is 0. The van der Waals surface area contributed by atoms with Crippen LogP contribution in [0.15, 0.2) is 42.5 Å². The Hall–Kier alpha value is -2.22. The Balaban J connectivity index is 1.92. The van der Waals surface area contributed by atoms with E-state index in [0.29, 0.717) is 12.2 Å². The molecular formula is C17H15F3O4S. The van der Waals surface area contributed by atoms with E-state index in [0.717, 1.165) is 17.5 Å². The lowest BCUT2D eigenvalue weighted by Crippen LogP contribution is -2.28. The maximum absolute atomic E-state index is 12.5. The van der Waals surface area contributed by atoms with Gasteiger partial charge in [0.1, 0.15) is 17.6 Å². The Bertz CT molecular complexity index is 877. The van der Waals surface area contributed by atoms with Gasteiger partial charge in [-0.1, -0.05) is 36.4 Å². The van der Waals surface area contributed by atoms with Gasteiger partial charge < -0.3 is 8.92 Å². The molecular weight excluding hydrogens is 357 g/mol. The van der Waals surface area contributed by atoms with E-state index in [4.69, 9.17) is 4.74 Å². The Labute approximate surface area is 143 Å². The lowest BCUT2D eigenvalue weighted by Gasteiger charge is -2.28. The number of benzene rings is 2. The summed E-state index contributed by atoms with van der Waals surface area (Å²) in [6.45, 7) is 1.48. The van der Waals surface area contributed by atoms with Crippen LogP contribution in [0.3, 0.4) is 0 Å². The van der Waals surface area contributed by atoms with Crippen molar-refractivity contribution in [3.05, 3.63) is 59.2 Å². The summed E-state index contributed by atoms with van der Waals surface area (Å²) in [7, 11) is -5.72. The minimum absolute atomic E-state index is 0.228. The summed E-state index contributed by atoms with van der Waals surface area (Å²) in [5.74, 6) is -0.0141. The van der Waals surface area contributed by atoms with E-state index in [9.17, 15) is 21.6 Å². The highest BCUT2D eigenvalue weighted by molar-refractivity contribution is 7.88. The van der Waals surface area contributed by atoms with Crippen LogP contribution in [-0.4, -0.2) is 13.9 Å². The molecule has 0 aliphatic carbocycles. The fourth-order valence-electron chi connectivity index (χ4n) is 2.74. The number of fused-ring (bicyclic) bond motifs is 1. The molecule has 0 amide bonds. The van der Waals surface area contributed by atoms with Crippen molar-refractivity contribution in [2.45, 2.75) is 31.4 Å². The van der Waals surface area contributed by atoms with Gasteiger partial charge in [-0.25, -0.2) is 0 Å². The summed E-state index contributed by atoms with van der Waals surface area (Å²) in [4.78, 5) is 0. The van der Waals surface area contributed by atoms with Crippen LogP contribution in [0.5, 0.6) is 11.5 Å². The van der Waals surface area contributed by atoms with Gasteiger partial charge in [-0.2, -0.15) is 21.6 Å². The monoisotopic (exact) mass is 372 g/mol. The van der Waals surface area contributed by atoms with Crippen LogP contribution >= 0.6 is 0 Å². The first-order chi connectivity index (χ1) is 11.7. The smallest absolute Gasteiger partial charge is 0.485 e. The molecule has 8 heteroatoms. The maximum atomic E-state index is 12.5. The predicted molar refractivity (Wildman–Crippen MR) is 84.9 cm³/mol. The van der Waals surface area contributed by atoms with Crippen molar-refractivity contribution < 1.29 is 30.5 Å². The number of hydrogen-bond donors (Lipinski definition) is 0. The fourth-order valence-corrected chi connectivity index (χ4v) is 3.25. The van der Waals surface area contributed by atoms with Gasteiger partial charge in [0.2, 0.25) is 0 Å². The van der Waals surface area contributed by atoms with Crippen molar-refractivity contribution in [1.82, 2.24) is 0 Å². The zero-order valence-corrected chi connectivity index (χ0v) is 14.0. The average Bonchev–Trinajstić information content (AvgIpc) is 2.57. The second-order valence-electron chi connectivity index (χ2n) is 5.72. The Morgan fingerprint density at radius 1 is 1.12 bits per heavy atom. The van der Waals surface area contributed by atoms with Crippen LogP contribution in [-0.2, 0) is 16.5 Å². The van der Waals surface area contributed by atoms with Gasteiger partial charge in [0.15, 0.2) is 0 Å². The van der Waals surface area contributed by atoms with Crippen molar-refractivity contribution in [3.8, 4) is 11.5 Å². The fraction of sp³-hybridized carbons (Fsp3) is 0.294. The molecule has 1 heterocycles. The molecule has 1 aliphatic rings. The van der Waals surface area contributed by atoms with Crippen LogP contribution in [0.4, 0.5) is 13.2 Å². The lowest BCUT2D eigenvalue weighted by atomic mass is 9.95. The molecule has 0 N–H and O–H groups in total. The number of halogens is 3. The Morgan fingerprint density at radius 2 is 1.80 bits per heavy atom. The van der Waals surface area contributed by atoms with E-state index in [2.05, 4.69) is 4.18 Å². The topological polar surface area (TPSA) is 52.6 Å². The van der Waals surface area contributed by atoms with E-state index in [1.165, 1.54) is 19.1 Å². The summed E-state index contributed by atoms with van der Waals surface area (Å²) in [6, 6.07) is 12.2. The quantitative estimate of drug-likeness (QED) is 0.596. The summed E-state index contributed by atoms with van der Waals surface area (Å²) >= 11 is 0.